The van der Waals surface area contributed by atoms with E-state index in [1.54, 1.807) is 19.1 Å². The van der Waals surface area contributed by atoms with Crippen LogP contribution in [0.3, 0.4) is 0 Å². The summed E-state index contributed by atoms with van der Waals surface area (Å²) in [4.78, 5) is 27.1. The van der Waals surface area contributed by atoms with Crippen molar-refractivity contribution in [1.82, 2.24) is 10.2 Å². The third-order valence-corrected chi connectivity index (χ3v) is 5.32. The first kappa shape index (κ1) is 19.7. The van der Waals surface area contributed by atoms with Crippen LogP contribution in [0.25, 0.3) is 0 Å². The van der Waals surface area contributed by atoms with Gasteiger partial charge in [0.05, 0.1) is 14.2 Å². The van der Waals surface area contributed by atoms with Gasteiger partial charge in [0.15, 0.2) is 0 Å². The van der Waals surface area contributed by atoms with Crippen LogP contribution in [0.5, 0.6) is 11.5 Å². The van der Waals surface area contributed by atoms with E-state index in [0.29, 0.717) is 25.9 Å². The first-order valence-corrected chi connectivity index (χ1v) is 9.31. The predicted molar refractivity (Wildman–Crippen MR) is 106 cm³/mol. The molecule has 0 saturated carbocycles. The molecule has 0 aliphatic carbocycles. The topological polar surface area (TPSA) is 67.9 Å². The molecule has 2 aromatic carbocycles. The molecule has 2 amide bonds. The Balaban J connectivity index is 1.68. The van der Waals surface area contributed by atoms with Crippen LogP contribution in [0.15, 0.2) is 48.5 Å². The van der Waals surface area contributed by atoms with Crippen molar-refractivity contribution in [2.75, 3.05) is 14.2 Å². The summed E-state index contributed by atoms with van der Waals surface area (Å²) >= 11 is 0. The molecule has 1 fully saturated rings. The SMILES string of the molecule is COc1ccc(CNC(=O)C2(C)CCC(=O)N2Cc2ccc(OC)cc2)cc1. The maximum Gasteiger partial charge on any atom is 0.245 e. The predicted octanol–water partition coefficient (Wildman–Crippen LogP) is 2.90. The fourth-order valence-electron chi connectivity index (χ4n) is 3.42. The average molecular weight is 382 g/mol. The molecule has 6 nitrogen and oxygen atoms in total. The van der Waals surface area contributed by atoms with Crippen LogP contribution >= 0.6 is 0 Å². The monoisotopic (exact) mass is 382 g/mol. The number of nitrogens with one attached hydrogen (secondary N) is 1. The van der Waals surface area contributed by atoms with E-state index in [0.717, 1.165) is 22.6 Å². The number of benzene rings is 2. The minimum absolute atomic E-state index is 0.00193. The number of ether oxygens (including phenoxy) is 2. The zero-order chi connectivity index (χ0) is 20.1. The molecule has 6 heteroatoms. The lowest BCUT2D eigenvalue weighted by Gasteiger charge is -2.34. The summed E-state index contributed by atoms with van der Waals surface area (Å²) < 4.78 is 10.3. The number of rotatable bonds is 7. The Kier molecular flexibility index (Phi) is 5.87. The van der Waals surface area contributed by atoms with Crippen LogP contribution in [0.1, 0.15) is 30.9 Å². The first-order valence-electron chi connectivity index (χ1n) is 9.31. The van der Waals surface area contributed by atoms with Crippen molar-refractivity contribution in [3.05, 3.63) is 59.7 Å². The lowest BCUT2D eigenvalue weighted by Crippen LogP contribution is -2.53. The van der Waals surface area contributed by atoms with E-state index in [-0.39, 0.29) is 11.8 Å². The van der Waals surface area contributed by atoms with Crippen molar-refractivity contribution in [1.29, 1.82) is 0 Å². The number of hydrogen-bond acceptors (Lipinski definition) is 4. The Morgan fingerprint density at radius 3 is 2.07 bits per heavy atom. The fraction of sp³-hybridized carbons (Fsp3) is 0.364. The maximum absolute atomic E-state index is 13.0. The lowest BCUT2D eigenvalue weighted by molar-refractivity contribution is -0.141. The molecule has 1 heterocycles. The molecular formula is C22H26N2O4. The summed E-state index contributed by atoms with van der Waals surface area (Å²) in [7, 11) is 3.23. The molecule has 148 valence electrons. The number of carbonyl (C=O) groups excluding carboxylic acids is 2. The zero-order valence-electron chi connectivity index (χ0n) is 16.5. The van der Waals surface area contributed by atoms with Crippen molar-refractivity contribution in [2.45, 2.75) is 38.4 Å². The van der Waals surface area contributed by atoms with E-state index in [2.05, 4.69) is 5.32 Å². The molecule has 1 unspecified atom stereocenters. The molecule has 2 aromatic rings. The van der Waals surface area contributed by atoms with Crippen LogP contribution in [0.4, 0.5) is 0 Å². The van der Waals surface area contributed by atoms with E-state index in [9.17, 15) is 9.59 Å². The first-order chi connectivity index (χ1) is 13.5. The summed E-state index contributed by atoms with van der Waals surface area (Å²) in [5.41, 5.74) is 1.08. The highest BCUT2D eigenvalue weighted by molar-refractivity contribution is 5.94. The highest BCUT2D eigenvalue weighted by Gasteiger charge is 2.47. The lowest BCUT2D eigenvalue weighted by atomic mass is 9.97. The number of hydrogen-bond donors (Lipinski definition) is 1. The van der Waals surface area contributed by atoms with E-state index in [1.807, 2.05) is 55.5 Å². The van der Waals surface area contributed by atoms with Crippen molar-refractivity contribution in [3.8, 4) is 11.5 Å². The Bertz CT molecular complexity index is 833. The largest absolute Gasteiger partial charge is 0.497 e. The van der Waals surface area contributed by atoms with Gasteiger partial charge in [-0.1, -0.05) is 24.3 Å². The molecule has 0 spiro atoms. The third-order valence-electron chi connectivity index (χ3n) is 5.32. The summed E-state index contributed by atoms with van der Waals surface area (Å²) in [6.07, 6.45) is 0.888. The third kappa shape index (κ3) is 4.11. The van der Waals surface area contributed by atoms with E-state index in [4.69, 9.17) is 9.47 Å². The van der Waals surface area contributed by atoms with Gasteiger partial charge >= 0.3 is 0 Å². The molecular weight excluding hydrogens is 356 g/mol. The van der Waals surface area contributed by atoms with Gasteiger partial charge in [-0.05, 0) is 48.7 Å². The maximum atomic E-state index is 13.0. The molecule has 1 saturated heterocycles. The van der Waals surface area contributed by atoms with Crippen molar-refractivity contribution < 1.29 is 19.1 Å². The van der Waals surface area contributed by atoms with Gasteiger partial charge in [-0.3, -0.25) is 9.59 Å². The second-order valence-electron chi connectivity index (χ2n) is 7.13. The van der Waals surface area contributed by atoms with Gasteiger partial charge in [0, 0.05) is 19.5 Å². The van der Waals surface area contributed by atoms with Gasteiger partial charge < -0.3 is 19.7 Å². The van der Waals surface area contributed by atoms with Crippen LogP contribution in [0.2, 0.25) is 0 Å². The zero-order valence-corrected chi connectivity index (χ0v) is 16.5. The quantitative estimate of drug-likeness (QED) is 0.800. The number of likely N-dealkylation sites (tertiary alicyclic amines) is 1. The van der Waals surface area contributed by atoms with E-state index >= 15 is 0 Å². The second kappa shape index (κ2) is 8.33. The molecule has 1 aliphatic rings. The average Bonchev–Trinajstić information content (AvgIpc) is 3.02. The fourth-order valence-corrected chi connectivity index (χ4v) is 3.42. The Morgan fingerprint density at radius 1 is 1.00 bits per heavy atom. The molecule has 1 aliphatic heterocycles. The van der Waals surface area contributed by atoms with Crippen LogP contribution < -0.4 is 14.8 Å². The minimum Gasteiger partial charge on any atom is -0.497 e. The number of amides is 2. The molecule has 3 rings (SSSR count). The van der Waals surface area contributed by atoms with Crippen LogP contribution in [-0.2, 0) is 22.7 Å². The van der Waals surface area contributed by atoms with Crippen molar-refractivity contribution in [3.63, 3.8) is 0 Å². The van der Waals surface area contributed by atoms with Crippen LogP contribution in [0, 0.1) is 0 Å². The van der Waals surface area contributed by atoms with Crippen molar-refractivity contribution >= 4 is 11.8 Å². The van der Waals surface area contributed by atoms with E-state index in [1.165, 1.54) is 0 Å². The highest BCUT2D eigenvalue weighted by Crippen LogP contribution is 2.32. The normalized spacial score (nSPS) is 18.8. The molecule has 0 aromatic heterocycles. The smallest absolute Gasteiger partial charge is 0.245 e. The van der Waals surface area contributed by atoms with Gasteiger partial charge in [-0.2, -0.15) is 0 Å². The van der Waals surface area contributed by atoms with Gasteiger partial charge in [-0.15, -0.1) is 0 Å². The Labute approximate surface area is 165 Å². The molecule has 0 bridgehead atoms. The number of methoxy groups -OCH3 is 2. The second-order valence-corrected chi connectivity index (χ2v) is 7.13. The summed E-state index contributed by atoms with van der Waals surface area (Å²) in [5.74, 6) is 1.39. The summed E-state index contributed by atoms with van der Waals surface area (Å²) in [6, 6.07) is 15.1. The number of nitrogens with zero attached hydrogens (tertiary/aromatic N) is 1. The Hall–Kier alpha value is -3.02. The van der Waals surface area contributed by atoms with Gasteiger partial charge in [0.25, 0.3) is 0 Å². The summed E-state index contributed by atoms with van der Waals surface area (Å²) in [5, 5.41) is 2.98. The minimum atomic E-state index is -0.858. The van der Waals surface area contributed by atoms with Gasteiger partial charge in [0.2, 0.25) is 11.8 Å². The molecule has 1 atom stereocenters. The molecule has 28 heavy (non-hydrogen) atoms. The molecule has 0 radical (unpaired) electrons. The number of carbonyl (C=O) groups is 2. The molecule has 1 N–H and O–H groups in total. The van der Waals surface area contributed by atoms with Crippen molar-refractivity contribution in [2.24, 2.45) is 0 Å². The van der Waals surface area contributed by atoms with Crippen LogP contribution in [-0.4, -0.2) is 36.5 Å². The van der Waals surface area contributed by atoms with Gasteiger partial charge in [-0.25, -0.2) is 0 Å². The van der Waals surface area contributed by atoms with E-state index < -0.39 is 5.54 Å². The standard InChI is InChI=1S/C22H26N2O4/c1-22(21(26)23-14-16-4-8-18(27-2)9-5-16)13-12-20(25)24(22)15-17-6-10-19(28-3)11-7-17/h4-11H,12-15H2,1-3H3,(H,23,26). The summed E-state index contributed by atoms with van der Waals surface area (Å²) in [6.45, 7) is 2.64. The highest BCUT2D eigenvalue weighted by atomic mass is 16.5. The van der Waals surface area contributed by atoms with Gasteiger partial charge in [0.1, 0.15) is 17.0 Å². The Morgan fingerprint density at radius 2 is 1.54 bits per heavy atom.